The van der Waals surface area contributed by atoms with Gasteiger partial charge in [0, 0.05) is 37.1 Å². The minimum absolute atomic E-state index is 0.0290. The Hall–Kier alpha value is -2.90. The predicted octanol–water partition coefficient (Wildman–Crippen LogP) is 4.06. The Morgan fingerprint density at radius 3 is 1.61 bits per heavy atom. The van der Waals surface area contributed by atoms with Gasteiger partial charge < -0.3 is 24.8 Å². The van der Waals surface area contributed by atoms with Gasteiger partial charge in [0.1, 0.15) is 11.5 Å². The van der Waals surface area contributed by atoms with Crippen molar-refractivity contribution >= 4 is 23.2 Å². The van der Waals surface area contributed by atoms with Crippen LogP contribution in [0.2, 0.25) is 0 Å². The summed E-state index contributed by atoms with van der Waals surface area (Å²) in [6, 6.07) is 11.4. The molecule has 2 amide bonds. The average molecular weight is 424 g/mol. The summed E-state index contributed by atoms with van der Waals surface area (Å²) in [6.07, 6.45) is 2.66. The second-order valence-corrected chi connectivity index (χ2v) is 7.87. The smallest absolute Gasteiger partial charge is 0.224 e. The van der Waals surface area contributed by atoms with Crippen LogP contribution in [0.5, 0.6) is 11.5 Å². The van der Waals surface area contributed by atoms with E-state index >= 15 is 0 Å². The van der Waals surface area contributed by atoms with Crippen LogP contribution in [0.15, 0.2) is 36.4 Å². The molecule has 4 rings (SSSR count). The molecule has 2 saturated heterocycles. The molecule has 2 aromatic carbocycles. The van der Waals surface area contributed by atoms with E-state index < -0.39 is 0 Å². The van der Waals surface area contributed by atoms with Crippen molar-refractivity contribution in [2.24, 2.45) is 0 Å². The Morgan fingerprint density at radius 2 is 1.26 bits per heavy atom. The van der Waals surface area contributed by atoms with Gasteiger partial charge in [0.25, 0.3) is 0 Å². The number of benzene rings is 2. The fourth-order valence-corrected chi connectivity index (χ4v) is 3.31. The SMILES string of the molecule is CCC(=O)Nc1ccc(Oc2ccc(NC(=O)CC)cc2CC2CO2)c(CC2CO2)c1. The van der Waals surface area contributed by atoms with E-state index in [1.165, 1.54) is 0 Å². The first-order valence-corrected chi connectivity index (χ1v) is 10.8. The van der Waals surface area contributed by atoms with E-state index in [1.807, 2.05) is 50.2 Å². The zero-order chi connectivity index (χ0) is 21.8. The molecule has 7 heteroatoms. The maximum absolute atomic E-state index is 11.8. The molecule has 2 aliphatic rings. The summed E-state index contributed by atoms with van der Waals surface area (Å²) in [4.78, 5) is 23.6. The quantitative estimate of drug-likeness (QED) is 0.561. The highest BCUT2D eigenvalue weighted by molar-refractivity contribution is 5.91. The van der Waals surface area contributed by atoms with Crippen molar-refractivity contribution in [1.82, 2.24) is 0 Å². The van der Waals surface area contributed by atoms with Gasteiger partial charge in [-0.25, -0.2) is 0 Å². The van der Waals surface area contributed by atoms with Gasteiger partial charge in [-0.15, -0.1) is 0 Å². The molecule has 2 fully saturated rings. The lowest BCUT2D eigenvalue weighted by Crippen LogP contribution is -2.10. The molecule has 2 atom stereocenters. The zero-order valence-corrected chi connectivity index (χ0v) is 17.9. The Kier molecular flexibility index (Phi) is 6.53. The largest absolute Gasteiger partial charge is 0.457 e. The molecule has 2 N–H and O–H groups in total. The van der Waals surface area contributed by atoms with Crippen molar-refractivity contribution in [2.45, 2.75) is 51.7 Å². The molecule has 0 aromatic heterocycles. The van der Waals surface area contributed by atoms with Crippen molar-refractivity contribution in [3.63, 3.8) is 0 Å². The first kappa shape index (κ1) is 21.3. The molecule has 2 aliphatic heterocycles. The Morgan fingerprint density at radius 1 is 0.839 bits per heavy atom. The summed E-state index contributed by atoms with van der Waals surface area (Å²) >= 11 is 0. The normalized spacial score (nSPS) is 18.9. The van der Waals surface area contributed by atoms with E-state index in [-0.39, 0.29) is 24.0 Å². The van der Waals surface area contributed by atoms with Crippen molar-refractivity contribution in [2.75, 3.05) is 23.8 Å². The van der Waals surface area contributed by atoms with Gasteiger partial charge >= 0.3 is 0 Å². The third-order valence-electron chi connectivity index (χ3n) is 5.25. The first-order chi connectivity index (χ1) is 15.0. The minimum Gasteiger partial charge on any atom is -0.457 e. The van der Waals surface area contributed by atoms with Gasteiger partial charge in [-0.2, -0.15) is 0 Å². The van der Waals surface area contributed by atoms with Crippen molar-refractivity contribution in [3.05, 3.63) is 47.5 Å². The molecule has 0 radical (unpaired) electrons. The van der Waals surface area contributed by atoms with E-state index in [2.05, 4.69) is 10.6 Å². The van der Waals surface area contributed by atoms with Crippen LogP contribution >= 0.6 is 0 Å². The molecular formula is C24H28N2O5. The van der Waals surface area contributed by atoms with E-state index in [1.54, 1.807) is 0 Å². The van der Waals surface area contributed by atoms with Gasteiger partial charge in [0.2, 0.25) is 11.8 Å². The Bertz CT molecular complexity index is 889. The van der Waals surface area contributed by atoms with Crippen LogP contribution in [0.25, 0.3) is 0 Å². The predicted molar refractivity (Wildman–Crippen MR) is 118 cm³/mol. The molecule has 2 aromatic rings. The molecule has 0 aliphatic carbocycles. The van der Waals surface area contributed by atoms with Crippen LogP contribution in [0, 0.1) is 0 Å². The maximum atomic E-state index is 11.8. The number of anilines is 2. The van der Waals surface area contributed by atoms with Gasteiger partial charge in [-0.05, 0) is 47.5 Å². The first-order valence-electron chi connectivity index (χ1n) is 10.8. The van der Waals surface area contributed by atoms with Crippen molar-refractivity contribution < 1.29 is 23.8 Å². The van der Waals surface area contributed by atoms with E-state index in [0.717, 1.165) is 60.1 Å². The third kappa shape index (κ3) is 6.06. The minimum atomic E-state index is -0.0290. The number of nitrogens with one attached hydrogen (secondary N) is 2. The topological polar surface area (TPSA) is 92.5 Å². The fourth-order valence-electron chi connectivity index (χ4n) is 3.31. The Balaban J connectivity index is 1.59. The third-order valence-corrected chi connectivity index (χ3v) is 5.25. The molecule has 0 saturated carbocycles. The van der Waals surface area contributed by atoms with E-state index in [4.69, 9.17) is 14.2 Å². The number of rotatable bonds is 10. The second kappa shape index (κ2) is 9.49. The van der Waals surface area contributed by atoms with E-state index in [0.29, 0.717) is 12.8 Å². The number of ether oxygens (including phenoxy) is 3. The Labute approximate surface area is 182 Å². The molecule has 2 heterocycles. The van der Waals surface area contributed by atoms with Crippen LogP contribution in [0.1, 0.15) is 37.8 Å². The van der Waals surface area contributed by atoms with Gasteiger partial charge in [0.15, 0.2) is 0 Å². The molecule has 2 unspecified atom stereocenters. The lowest BCUT2D eigenvalue weighted by atomic mass is 10.1. The summed E-state index contributed by atoms with van der Waals surface area (Å²) in [5.41, 5.74) is 3.46. The summed E-state index contributed by atoms with van der Waals surface area (Å²) in [5.74, 6) is 1.40. The van der Waals surface area contributed by atoms with Gasteiger partial charge in [0.05, 0.1) is 25.4 Å². The highest BCUT2D eigenvalue weighted by Crippen LogP contribution is 2.35. The molecule has 31 heavy (non-hydrogen) atoms. The second-order valence-electron chi connectivity index (χ2n) is 7.87. The van der Waals surface area contributed by atoms with Gasteiger partial charge in [-0.3, -0.25) is 9.59 Å². The monoisotopic (exact) mass is 424 g/mol. The van der Waals surface area contributed by atoms with E-state index in [9.17, 15) is 9.59 Å². The molecule has 7 nitrogen and oxygen atoms in total. The lowest BCUT2D eigenvalue weighted by Gasteiger charge is -2.16. The zero-order valence-electron chi connectivity index (χ0n) is 17.9. The van der Waals surface area contributed by atoms with Gasteiger partial charge in [-0.1, -0.05) is 13.8 Å². The summed E-state index contributed by atoms with van der Waals surface area (Å²) in [6.45, 7) is 5.12. The molecule has 0 spiro atoms. The lowest BCUT2D eigenvalue weighted by molar-refractivity contribution is -0.116. The number of hydrogen-bond donors (Lipinski definition) is 2. The standard InChI is InChI=1S/C24H28N2O5/c1-3-23(27)25-17-5-7-21(15(9-17)11-19-13-29-19)31-22-8-6-18(26-24(28)4-2)10-16(22)12-20-14-30-20/h5-10,19-20H,3-4,11-14H2,1-2H3,(H,25,27)(H,26,28). The molecule has 0 bridgehead atoms. The van der Waals surface area contributed by atoms with Crippen LogP contribution in [-0.4, -0.2) is 37.2 Å². The summed E-state index contributed by atoms with van der Waals surface area (Å²) < 4.78 is 17.2. The average Bonchev–Trinajstić information content (AvgIpc) is 3.68. The summed E-state index contributed by atoms with van der Waals surface area (Å²) in [7, 11) is 0. The van der Waals surface area contributed by atoms with Crippen LogP contribution in [0.3, 0.4) is 0 Å². The van der Waals surface area contributed by atoms with Crippen molar-refractivity contribution in [1.29, 1.82) is 0 Å². The number of hydrogen-bond acceptors (Lipinski definition) is 5. The highest BCUT2D eigenvalue weighted by Gasteiger charge is 2.27. The summed E-state index contributed by atoms with van der Waals surface area (Å²) in [5, 5.41) is 5.80. The number of carbonyl (C=O) groups excluding carboxylic acids is 2. The van der Waals surface area contributed by atoms with Crippen LogP contribution in [0.4, 0.5) is 11.4 Å². The molecule has 164 valence electrons. The molecular weight excluding hydrogens is 396 g/mol. The van der Waals surface area contributed by atoms with Crippen LogP contribution < -0.4 is 15.4 Å². The number of amides is 2. The fraction of sp³-hybridized carbons (Fsp3) is 0.417. The highest BCUT2D eigenvalue weighted by atomic mass is 16.6. The number of epoxide rings is 2. The maximum Gasteiger partial charge on any atom is 0.224 e. The van der Waals surface area contributed by atoms with Crippen molar-refractivity contribution in [3.8, 4) is 11.5 Å². The van der Waals surface area contributed by atoms with Crippen LogP contribution in [-0.2, 0) is 31.9 Å². The number of carbonyl (C=O) groups is 2.